The van der Waals surface area contributed by atoms with E-state index in [2.05, 4.69) is 15.6 Å². The van der Waals surface area contributed by atoms with Crippen LogP contribution in [0.5, 0.6) is 0 Å². The first kappa shape index (κ1) is 23.7. The van der Waals surface area contributed by atoms with Gasteiger partial charge in [0, 0.05) is 47.5 Å². The minimum atomic E-state index is -0.0285. The summed E-state index contributed by atoms with van der Waals surface area (Å²) in [4.78, 5) is 17.3. The summed E-state index contributed by atoms with van der Waals surface area (Å²) in [7, 11) is 5.09. The Hall–Kier alpha value is -0.610. The number of likely N-dealkylation sites (N-methyl/N-ethyl adjacent to an activating group) is 1. The van der Waals surface area contributed by atoms with E-state index in [0.29, 0.717) is 19.1 Å². The third-order valence-electron chi connectivity index (χ3n) is 2.68. The molecule has 8 heteroatoms. The van der Waals surface area contributed by atoms with Crippen LogP contribution in [0.3, 0.4) is 0 Å². The lowest BCUT2D eigenvalue weighted by atomic mass is 10.3. The van der Waals surface area contributed by atoms with Crippen molar-refractivity contribution in [2.75, 3.05) is 60.7 Å². The second kappa shape index (κ2) is 16.8. The molecule has 0 spiro atoms. The molecule has 7 nitrogen and oxygen atoms in total. The smallest absolute Gasteiger partial charge is 0.243 e. The molecule has 0 rings (SSSR count). The maximum Gasteiger partial charge on any atom is 0.243 e. The van der Waals surface area contributed by atoms with Crippen molar-refractivity contribution in [3.8, 4) is 0 Å². The van der Waals surface area contributed by atoms with Crippen LogP contribution in [0, 0.1) is 0 Å². The molecule has 132 valence electrons. The molecular formula is C14H31IN4O3. The predicted octanol–water partition coefficient (Wildman–Crippen LogP) is 0.691. The van der Waals surface area contributed by atoms with E-state index in [0.717, 1.165) is 32.6 Å². The van der Waals surface area contributed by atoms with Crippen LogP contribution in [0.1, 0.15) is 19.8 Å². The SMILES string of the molecule is CCOCCCCNC(=NCC(=O)N(C)C)NCCOC.I. The van der Waals surface area contributed by atoms with Gasteiger partial charge in [-0.25, -0.2) is 4.99 Å². The Bertz CT molecular complexity index is 302. The number of halogens is 1. The topological polar surface area (TPSA) is 75.2 Å². The Morgan fingerprint density at radius 3 is 2.41 bits per heavy atom. The highest BCUT2D eigenvalue weighted by Gasteiger charge is 2.04. The van der Waals surface area contributed by atoms with Crippen LogP contribution in [-0.2, 0) is 14.3 Å². The zero-order valence-electron chi connectivity index (χ0n) is 14.2. The first-order valence-electron chi connectivity index (χ1n) is 7.40. The van der Waals surface area contributed by atoms with Crippen molar-refractivity contribution >= 4 is 35.8 Å². The summed E-state index contributed by atoms with van der Waals surface area (Å²) in [6, 6.07) is 0. The number of rotatable bonds is 11. The monoisotopic (exact) mass is 430 g/mol. The van der Waals surface area contributed by atoms with Gasteiger partial charge in [0.25, 0.3) is 0 Å². The van der Waals surface area contributed by atoms with Crippen molar-refractivity contribution in [1.82, 2.24) is 15.5 Å². The Kier molecular flexibility index (Phi) is 18.0. The highest BCUT2D eigenvalue weighted by Crippen LogP contribution is 1.89. The summed E-state index contributed by atoms with van der Waals surface area (Å²) >= 11 is 0. The zero-order valence-corrected chi connectivity index (χ0v) is 16.5. The fraction of sp³-hybridized carbons (Fsp3) is 0.857. The molecule has 0 saturated heterocycles. The molecule has 0 atom stereocenters. The first-order valence-corrected chi connectivity index (χ1v) is 7.40. The van der Waals surface area contributed by atoms with Gasteiger partial charge in [-0.15, -0.1) is 24.0 Å². The van der Waals surface area contributed by atoms with Crippen molar-refractivity contribution in [3.63, 3.8) is 0 Å². The van der Waals surface area contributed by atoms with Gasteiger partial charge >= 0.3 is 0 Å². The number of aliphatic imine (C=N–C) groups is 1. The number of unbranched alkanes of at least 4 members (excludes halogenated alkanes) is 1. The van der Waals surface area contributed by atoms with Crippen LogP contribution in [0.25, 0.3) is 0 Å². The van der Waals surface area contributed by atoms with Gasteiger partial charge in [-0.3, -0.25) is 4.79 Å². The van der Waals surface area contributed by atoms with Gasteiger partial charge in [0.15, 0.2) is 5.96 Å². The quantitative estimate of drug-likeness (QED) is 0.218. The predicted molar refractivity (Wildman–Crippen MR) is 100 cm³/mol. The fourth-order valence-corrected chi connectivity index (χ4v) is 1.41. The molecule has 0 bridgehead atoms. The molecule has 22 heavy (non-hydrogen) atoms. The average molecular weight is 430 g/mol. The number of nitrogens with zero attached hydrogens (tertiary/aromatic N) is 2. The molecule has 0 aliphatic rings. The fourth-order valence-electron chi connectivity index (χ4n) is 1.41. The van der Waals surface area contributed by atoms with E-state index < -0.39 is 0 Å². The van der Waals surface area contributed by atoms with Gasteiger partial charge in [-0.2, -0.15) is 0 Å². The number of hydrogen-bond acceptors (Lipinski definition) is 4. The Morgan fingerprint density at radius 1 is 1.14 bits per heavy atom. The molecule has 0 radical (unpaired) electrons. The second-order valence-corrected chi connectivity index (χ2v) is 4.70. The van der Waals surface area contributed by atoms with E-state index in [1.807, 2.05) is 6.92 Å². The number of hydrogen-bond donors (Lipinski definition) is 2. The number of ether oxygens (including phenoxy) is 2. The van der Waals surface area contributed by atoms with Gasteiger partial charge in [0.1, 0.15) is 6.54 Å². The molecule has 0 aromatic heterocycles. The summed E-state index contributed by atoms with van der Waals surface area (Å²) in [5.74, 6) is 0.609. The molecule has 0 unspecified atom stereocenters. The summed E-state index contributed by atoms with van der Waals surface area (Å²) < 4.78 is 10.3. The molecule has 0 fully saturated rings. The highest BCUT2D eigenvalue weighted by atomic mass is 127. The normalized spacial score (nSPS) is 10.8. The molecule has 2 N–H and O–H groups in total. The number of carbonyl (C=O) groups is 1. The van der Waals surface area contributed by atoms with E-state index in [4.69, 9.17) is 9.47 Å². The largest absolute Gasteiger partial charge is 0.383 e. The van der Waals surface area contributed by atoms with E-state index in [-0.39, 0.29) is 36.4 Å². The standard InChI is InChI=1S/C14H30N4O3.HI/c1-5-21-10-7-6-8-15-14(16-9-11-20-4)17-12-13(19)18(2)3;/h5-12H2,1-4H3,(H2,15,16,17);1H. The first-order chi connectivity index (χ1) is 10.1. The lowest BCUT2D eigenvalue weighted by molar-refractivity contribution is -0.127. The number of methoxy groups -OCH3 is 1. The van der Waals surface area contributed by atoms with Gasteiger partial charge in [-0.1, -0.05) is 0 Å². The van der Waals surface area contributed by atoms with Crippen LogP contribution in [0.15, 0.2) is 4.99 Å². The highest BCUT2D eigenvalue weighted by molar-refractivity contribution is 14.0. The minimum absolute atomic E-state index is 0. The number of guanidine groups is 1. The van der Waals surface area contributed by atoms with E-state index in [1.54, 1.807) is 21.2 Å². The van der Waals surface area contributed by atoms with E-state index >= 15 is 0 Å². The Balaban J connectivity index is 0. The van der Waals surface area contributed by atoms with Crippen LogP contribution in [0.4, 0.5) is 0 Å². The lowest BCUT2D eigenvalue weighted by Crippen LogP contribution is -2.40. The van der Waals surface area contributed by atoms with Gasteiger partial charge in [0.05, 0.1) is 6.61 Å². The van der Waals surface area contributed by atoms with Crippen LogP contribution in [0.2, 0.25) is 0 Å². The zero-order chi connectivity index (χ0) is 15.9. The molecule has 1 amide bonds. The van der Waals surface area contributed by atoms with Crippen molar-refractivity contribution in [3.05, 3.63) is 0 Å². The summed E-state index contributed by atoms with van der Waals surface area (Å²) in [6.07, 6.45) is 2.00. The molecule has 0 saturated carbocycles. The van der Waals surface area contributed by atoms with Crippen molar-refractivity contribution in [2.45, 2.75) is 19.8 Å². The van der Waals surface area contributed by atoms with E-state index in [1.165, 1.54) is 4.90 Å². The van der Waals surface area contributed by atoms with Gasteiger partial charge in [-0.05, 0) is 19.8 Å². The third kappa shape index (κ3) is 14.3. The average Bonchev–Trinajstić information content (AvgIpc) is 2.47. The molecule has 0 aliphatic heterocycles. The Morgan fingerprint density at radius 2 is 1.82 bits per heavy atom. The number of nitrogens with one attached hydrogen (secondary N) is 2. The number of carbonyl (C=O) groups excluding carboxylic acids is 1. The second-order valence-electron chi connectivity index (χ2n) is 4.70. The minimum Gasteiger partial charge on any atom is -0.383 e. The van der Waals surface area contributed by atoms with Crippen LogP contribution >= 0.6 is 24.0 Å². The van der Waals surface area contributed by atoms with Gasteiger partial charge < -0.3 is 25.0 Å². The van der Waals surface area contributed by atoms with Crippen LogP contribution < -0.4 is 10.6 Å². The van der Waals surface area contributed by atoms with Crippen molar-refractivity contribution < 1.29 is 14.3 Å². The van der Waals surface area contributed by atoms with Gasteiger partial charge in [0.2, 0.25) is 5.91 Å². The third-order valence-corrected chi connectivity index (χ3v) is 2.68. The maximum absolute atomic E-state index is 11.5. The maximum atomic E-state index is 11.5. The summed E-state index contributed by atoms with van der Waals surface area (Å²) in [6.45, 7) is 5.69. The summed E-state index contributed by atoms with van der Waals surface area (Å²) in [5.41, 5.74) is 0. The van der Waals surface area contributed by atoms with Crippen molar-refractivity contribution in [2.24, 2.45) is 4.99 Å². The number of amides is 1. The molecule has 0 heterocycles. The Labute approximate surface area is 151 Å². The summed E-state index contributed by atoms with van der Waals surface area (Å²) in [5, 5.41) is 6.34. The van der Waals surface area contributed by atoms with Crippen molar-refractivity contribution in [1.29, 1.82) is 0 Å². The van der Waals surface area contributed by atoms with Crippen LogP contribution in [-0.4, -0.2) is 77.4 Å². The lowest BCUT2D eigenvalue weighted by Gasteiger charge is -2.13. The van der Waals surface area contributed by atoms with E-state index in [9.17, 15) is 4.79 Å². The molecular weight excluding hydrogens is 399 g/mol. The molecule has 0 aromatic rings. The molecule has 0 aliphatic carbocycles. The molecule has 0 aromatic carbocycles.